The second-order valence-corrected chi connectivity index (χ2v) is 0.795. The molecule has 0 aromatic heterocycles. The van der Waals surface area contributed by atoms with Crippen molar-refractivity contribution < 1.29 is 9.53 Å². The van der Waals surface area contributed by atoms with Crippen LogP contribution in [0.3, 0.4) is 0 Å². The van der Waals surface area contributed by atoms with Crippen LogP contribution in [-0.4, -0.2) is 12.0 Å². The summed E-state index contributed by atoms with van der Waals surface area (Å²) in [5.74, 6) is 0. The first-order valence-corrected chi connectivity index (χ1v) is 2.09. The molecule has 0 saturated heterocycles. The van der Waals surface area contributed by atoms with Crippen LogP contribution in [0.4, 0.5) is 0 Å². The Bertz CT molecular complexity index is 28.8. The number of carbonyl (C=O) groups excluding carboxylic acids is 1. The highest BCUT2D eigenvalue weighted by Crippen LogP contribution is 1.74. The number of rotatable bonds is 2. The van der Waals surface area contributed by atoms with E-state index in [0.29, 0.717) is 0 Å². The quantitative estimate of drug-likeness (QED) is 0.517. The molecule has 0 saturated carbocycles. The van der Waals surface area contributed by atoms with Crippen molar-refractivity contribution in [1.82, 2.24) is 0 Å². The largest absolute Gasteiger partial charge is 0.446 e. The molecule has 0 aromatic rings. The Morgan fingerprint density at radius 2 is 2.60 bits per heavy atom. The zero-order valence-electron chi connectivity index (χ0n) is 2.40. The summed E-state index contributed by atoms with van der Waals surface area (Å²) in [5, 5.41) is 0. The first-order chi connectivity index (χ1) is 2.41. The van der Waals surface area contributed by atoms with Gasteiger partial charge in [-0.1, -0.05) is 0 Å². The predicted molar refractivity (Wildman–Crippen MR) is 20.6 cm³/mol. The first kappa shape index (κ1) is 4.95. The molecule has 29 valence electrons. The van der Waals surface area contributed by atoms with Crippen molar-refractivity contribution in [2.45, 2.75) is 0 Å². The van der Waals surface area contributed by atoms with E-state index in [9.17, 15) is 0 Å². The molecule has 0 N–H and O–H groups in total. The molecule has 0 rings (SSSR count). The fourth-order valence-corrected chi connectivity index (χ4v) is 0.116. The van der Waals surface area contributed by atoms with Gasteiger partial charge in [0.2, 0.25) is 0 Å². The number of hydrogen-bond donors (Lipinski definition) is 0. The Balaban J connectivity index is 2.40. The number of halogens is 1. The van der Waals surface area contributed by atoms with Gasteiger partial charge in [-0.3, -0.25) is 0 Å². The van der Waals surface area contributed by atoms with Crippen molar-refractivity contribution in [3.05, 3.63) is 0 Å². The van der Waals surface area contributed by atoms with Gasteiger partial charge in [0, 0.05) is 0 Å². The molecule has 0 aliphatic heterocycles. The van der Waals surface area contributed by atoms with E-state index in [0.717, 1.165) is 0 Å². The van der Waals surface area contributed by atoms with Gasteiger partial charge in [-0.05, 0) is 15.9 Å². The Labute approximate surface area is 38.2 Å². The molecule has 0 heterocycles. The monoisotopic (exact) mass is 137 g/mol. The van der Waals surface area contributed by atoms with Crippen molar-refractivity contribution in [3.63, 3.8) is 0 Å². The van der Waals surface area contributed by atoms with Gasteiger partial charge < -0.3 is 4.74 Å². The average Bonchev–Trinajstić information content (AvgIpc) is 1.41. The SMILES string of the molecule is O=[C]OCBr. The van der Waals surface area contributed by atoms with Gasteiger partial charge >= 0.3 is 6.47 Å². The molecule has 2 nitrogen and oxygen atoms in total. The van der Waals surface area contributed by atoms with Crippen LogP contribution in [0.1, 0.15) is 0 Å². The summed E-state index contributed by atoms with van der Waals surface area (Å²) in [4.78, 5) is 9.03. The maximum Gasteiger partial charge on any atom is 0.418 e. The number of ether oxygens (including phenoxy) is 1. The molecule has 0 bridgehead atoms. The van der Waals surface area contributed by atoms with E-state index >= 15 is 0 Å². The zero-order chi connectivity index (χ0) is 4.12. The lowest BCUT2D eigenvalue weighted by molar-refractivity contribution is 0.340. The summed E-state index contributed by atoms with van der Waals surface area (Å²) in [6.45, 7) is 1.22. The summed E-state index contributed by atoms with van der Waals surface area (Å²) in [5.41, 5.74) is 0.233. The van der Waals surface area contributed by atoms with Crippen LogP contribution in [-0.2, 0) is 9.53 Å². The van der Waals surface area contributed by atoms with Gasteiger partial charge in [0.25, 0.3) is 0 Å². The van der Waals surface area contributed by atoms with Gasteiger partial charge in [0.05, 0.1) is 0 Å². The normalized spacial score (nSPS) is 6.60. The molecule has 0 atom stereocenters. The second kappa shape index (κ2) is 3.95. The van der Waals surface area contributed by atoms with Crippen LogP contribution in [0.5, 0.6) is 0 Å². The van der Waals surface area contributed by atoms with Crippen molar-refractivity contribution in [1.29, 1.82) is 0 Å². The predicted octanol–water partition coefficient (Wildman–Crippen LogP) is 0.423. The van der Waals surface area contributed by atoms with E-state index < -0.39 is 0 Å². The third-order valence-corrected chi connectivity index (χ3v) is 0.342. The van der Waals surface area contributed by atoms with Gasteiger partial charge in [-0.15, -0.1) is 0 Å². The van der Waals surface area contributed by atoms with E-state index in [1.165, 1.54) is 6.47 Å². The molecule has 0 aliphatic rings. The van der Waals surface area contributed by atoms with Crippen LogP contribution < -0.4 is 0 Å². The molecule has 0 aromatic carbocycles. The zero-order valence-corrected chi connectivity index (χ0v) is 3.99. The number of hydrogen-bond acceptors (Lipinski definition) is 2. The lowest BCUT2D eigenvalue weighted by Gasteiger charge is -1.75. The first-order valence-electron chi connectivity index (χ1n) is 0.964. The number of alkyl halides is 1. The Morgan fingerprint density at radius 3 is 2.60 bits per heavy atom. The maximum absolute atomic E-state index is 9.03. The van der Waals surface area contributed by atoms with Crippen LogP contribution in [0, 0.1) is 0 Å². The summed E-state index contributed by atoms with van der Waals surface area (Å²) >= 11 is 2.82. The molecule has 0 amide bonds. The van der Waals surface area contributed by atoms with Crippen molar-refractivity contribution >= 4 is 22.4 Å². The van der Waals surface area contributed by atoms with Gasteiger partial charge in [0.15, 0.2) is 0 Å². The molecular weight excluding hydrogens is 136 g/mol. The Hall–Kier alpha value is -0.0500. The van der Waals surface area contributed by atoms with E-state index in [1.54, 1.807) is 0 Å². The molecule has 5 heavy (non-hydrogen) atoms. The molecule has 1 radical (unpaired) electrons. The minimum Gasteiger partial charge on any atom is -0.446 e. The molecule has 3 heteroatoms. The molecule has 0 fully saturated rings. The topological polar surface area (TPSA) is 26.3 Å². The van der Waals surface area contributed by atoms with Crippen LogP contribution >= 0.6 is 15.9 Å². The highest BCUT2D eigenvalue weighted by Gasteiger charge is 1.66. The molecule has 0 spiro atoms. The fourth-order valence-electron chi connectivity index (χ4n) is 0.0223. The minimum absolute atomic E-state index is 0.233. The summed E-state index contributed by atoms with van der Waals surface area (Å²) < 4.78 is 3.94. The lowest BCUT2D eigenvalue weighted by Crippen LogP contribution is -1.76. The third-order valence-electron chi connectivity index (χ3n) is 0.113. The van der Waals surface area contributed by atoms with Gasteiger partial charge in [-0.25, -0.2) is 4.79 Å². The van der Waals surface area contributed by atoms with Crippen LogP contribution in [0.2, 0.25) is 0 Å². The van der Waals surface area contributed by atoms with Crippen LogP contribution in [0.25, 0.3) is 0 Å². The maximum atomic E-state index is 9.03. The third kappa shape index (κ3) is 3.95. The summed E-state index contributed by atoms with van der Waals surface area (Å²) in [7, 11) is 0. The summed E-state index contributed by atoms with van der Waals surface area (Å²) in [6, 6.07) is 0. The van der Waals surface area contributed by atoms with Crippen molar-refractivity contribution in [3.8, 4) is 0 Å². The van der Waals surface area contributed by atoms with Gasteiger partial charge in [-0.2, -0.15) is 0 Å². The van der Waals surface area contributed by atoms with E-state index in [4.69, 9.17) is 4.79 Å². The summed E-state index contributed by atoms with van der Waals surface area (Å²) in [6.07, 6.45) is 0. The lowest BCUT2D eigenvalue weighted by atomic mass is 11.5. The highest BCUT2D eigenvalue weighted by atomic mass is 79.9. The molecule has 0 unspecified atom stereocenters. The van der Waals surface area contributed by atoms with E-state index in [-0.39, 0.29) is 5.52 Å². The molecular formula is C2H2BrO2. The van der Waals surface area contributed by atoms with Crippen molar-refractivity contribution in [2.75, 3.05) is 5.52 Å². The van der Waals surface area contributed by atoms with E-state index in [1.807, 2.05) is 0 Å². The Morgan fingerprint density at radius 1 is 2.00 bits per heavy atom. The van der Waals surface area contributed by atoms with Crippen molar-refractivity contribution in [2.24, 2.45) is 0 Å². The van der Waals surface area contributed by atoms with Crippen LogP contribution in [0.15, 0.2) is 0 Å². The van der Waals surface area contributed by atoms with Gasteiger partial charge in [0.1, 0.15) is 5.52 Å². The minimum atomic E-state index is 0.233. The standard InChI is InChI=1S/C2H2BrO2/c3-1-5-2-4/h1H2. The fraction of sp³-hybridized carbons (Fsp3) is 0.500. The average molecular weight is 138 g/mol. The molecule has 0 aliphatic carbocycles. The van der Waals surface area contributed by atoms with E-state index in [2.05, 4.69) is 20.7 Å². The second-order valence-electron chi connectivity index (χ2n) is 0.337. The smallest absolute Gasteiger partial charge is 0.418 e. The Kier molecular flexibility index (Phi) is 3.91. The highest BCUT2D eigenvalue weighted by molar-refractivity contribution is 9.09.